The first-order valence-electron chi connectivity index (χ1n) is 5.67. The average Bonchev–Trinajstić information content (AvgIpc) is 2.78. The summed E-state index contributed by atoms with van der Waals surface area (Å²) in [6, 6.07) is 1.85. The fourth-order valence-corrected chi connectivity index (χ4v) is 2.12. The zero-order chi connectivity index (χ0) is 11.4. The molecule has 0 radical (unpaired) electrons. The van der Waals surface area contributed by atoms with Gasteiger partial charge in [0.1, 0.15) is 0 Å². The Kier molecular flexibility index (Phi) is 3.96. The van der Waals surface area contributed by atoms with E-state index in [1.54, 1.807) is 6.20 Å². The van der Waals surface area contributed by atoms with Crippen LogP contribution < -0.4 is 4.90 Å². The number of hydrogen-bond donors (Lipinski definition) is 0. The quantitative estimate of drug-likeness (QED) is 0.802. The van der Waals surface area contributed by atoms with Crippen LogP contribution in [-0.4, -0.2) is 48.3 Å². The Hall–Kier alpha value is -0.870. The van der Waals surface area contributed by atoms with Gasteiger partial charge in [0.05, 0.1) is 11.9 Å². The Balaban J connectivity index is 1.85. The van der Waals surface area contributed by atoms with Crippen molar-refractivity contribution in [1.82, 2.24) is 15.1 Å². The van der Waals surface area contributed by atoms with Crippen LogP contribution in [0.15, 0.2) is 12.3 Å². The molecule has 0 unspecified atom stereocenters. The van der Waals surface area contributed by atoms with Crippen molar-refractivity contribution in [2.45, 2.75) is 12.8 Å². The third-order valence-corrected chi connectivity index (χ3v) is 3.19. The van der Waals surface area contributed by atoms with Gasteiger partial charge in [-0.1, -0.05) is 11.6 Å². The fourth-order valence-electron chi connectivity index (χ4n) is 1.97. The number of nitrogens with zero attached hydrogens (tertiary/aromatic N) is 4. The largest absolute Gasteiger partial charge is 0.372 e. The van der Waals surface area contributed by atoms with Gasteiger partial charge in [-0.15, -0.1) is 5.10 Å². The summed E-state index contributed by atoms with van der Waals surface area (Å²) in [7, 11) is 2.06. The van der Waals surface area contributed by atoms with E-state index in [4.69, 9.17) is 11.6 Å². The first kappa shape index (κ1) is 11.6. The van der Waals surface area contributed by atoms with E-state index in [1.807, 2.05) is 6.07 Å². The summed E-state index contributed by atoms with van der Waals surface area (Å²) in [6.07, 6.45) is 4.43. The third-order valence-electron chi connectivity index (χ3n) is 3.00. The van der Waals surface area contributed by atoms with Crippen LogP contribution in [0, 0.1) is 0 Å². The molecule has 1 fully saturated rings. The molecule has 0 aliphatic carbocycles. The predicted molar refractivity (Wildman–Crippen MR) is 66.0 cm³/mol. The standard InChI is InChI=1S/C11H17ClN4/c1-15(6-7-16-4-2-3-5-16)10-8-11(12)14-13-9-10/h8-9H,2-7H2,1H3. The molecule has 1 aliphatic heterocycles. The number of likely N-dealkylation sites (N-methyl/N-ethyl adjacent to an activating group) is 1. The smallest absolute Gasteiger partial charge is 0.153 e. The molecule has 0 atom stereocenters. The highest BCUT2D eigenvalue weighted by Crippen LogP contribution is 2.14. The molecule has 0 N–H and O–H groups in total. The van der Waals surface area contributed by atoms with Crippen LogP contribution >= 0.6 is 11.6 Å². The fraction of sp³-hybridized carbons (Fsp3) is 0.636. The summed E-state index contributed by atoms with van der Waals surface area (Å²) in [4.78, 5) is 4.66. The van der Waals surface area contributed by atoms with Crippen molar-refractivity contribution in [2.24, 2.45) is 0 Å². The van der Waals surface area contributed by atoms with Crippen molar-refractivity contribution in [1.29, 1.82) is 0 Å². The van der Waals surface area contributed by atoms with Crippen LogP contribution in [0.1, 0.15) is 12.8 Å². The first-order valence-corrected chi connectivity index (χ1v) is 6.05. The maximum absolute atomic E-state index is 5.81. The van der Waals surface area contributed by atoms with Gasteiger partial charge >= 0.3 is 0 Å². The number of hydrogen-bond acceptors (Lipinski definition) is 4. The van der Waals surface area contributed by atoms with Gasteiger partial charge in [0, 0.05) is 26.2 Å². The molecule has 2 heterocycles. The van der Waals surface area contributed by atoms with Gasteiger partial charge in [-0.3, -0.25) is 0 Å². The zero-order valence-corrected chi connectivity index (χ0v) is 10.3. The van der Waals surface area contributed by atoms with E-state index in [1.165, 1.54) is 25.9 Å². The van der Waals surface area contributed by atoms with Crippen molar-refractivity contribution in [3.05, 3.63) is 17.4 Å². The van der Waals surface area contributed by atoms with Crippen molar-refractivity contribution >= 4 is 17.3 Å². The SMILES string of the molecule is CN(CCN1CCCC1)c1cnnc(Cl)c1. The van der Waals surface area contributed by atoms with Gasteiger partial charge in [0.25, 0.3) is 0 Å². The van der Waals surface area contributed by atoms with Crippen LogP contribution in [0.4, 0.5) is 5.69 Å². The summed E-state index contributed by atoms with van der Waals surface area (Å²) < 4.78 is 0. The normalized spacial score (nSPS) is 16.6. The third kappa shape index (κ3) is 3.06. The lowest BCUT2D eigenvalue weighted by atomic mass is 10.4. The molecule has 88 valence electrons. The van der Waals surface area contributed by atoms with Crippen LogP contribution in [0.25, 0.3) is 0 Å². The van der Waals surface area contributed by atoms with Crippen LogP contribution in [-0.2, 0) is 0 Å². The molecule has 0 amide bonds. The molecule has 1 aromatic rings. The van der Waals surface area contributed by atoms with E-state index >= 15 is 0 Å². The topological polar surface area (TPSA) is 32.3 Å². The van der Waals surface area contributed by atoms with Gasteiger partial charge in [0.2, 0.25) is 0 Å². The number of aromatic nitrogens is 2. The molecule has 5 heteroatoms. The van der Waals surface area contributed by atoms with E-state index in [-0.39, 0.29) is 0 Å². The van der Waals surface area contributed by atoms with Crippen molar-refractivity contribution < 1.29 is 0 Å². The number of halogens is 1. The lowest BCUT2D eigenvalue weighted by Gasteiger charge is -2.22. The van der Waals surface area contributed by atoms with Crippen LogP contribution in [0.3, 0.4) is 0 Å². The molecule has 4 nitrogen and oxygen atoms in total. The number of likely N-dealkylation sites (tertiary alicyclic amines) is 1. The van der Waals surface area contributed by atoms with E-state index in [0.717, 1.165) is 18.8 Å². The van der Waals surface area contributed by atoms with Gasteiger partial charge in [-0.25, -0.2) is 0 Å². The second-order valence-corrected chi connectivity index (χ2v) is 4.59. The molecule has 1 aliphatic rings. The Labute approximate surface area is 101 Å². The summed E-state index contributed by atoms with van der Waals surface area (Å²) in [5.74, 6) is 0. The molecule has 1 aromatic heterocycles. The number of anilines is 1. The van der Waals surface area contributed by atoms with E-state index in [9.17, 15) is 0 Å². The molecule has 0 bridgehead atoms. The summed E-state index contributed by atoms with van der Waals surface area (Å²) in [5, 5.41) is 8.04. The van der Waals surface area contributed by atoms with Gasteiger partial charge in [0.15, 0.2) is 5.15 Å². The highest BCUT2D eigenvalue weighted by atomic mass is 35.5. The molecule has 0 spiro atoms. The molecule has 0 aromatic carbocycles. The second-order valence-electron chi connectivity index (χ2n) is 4.21. The molecular formula is C11H17ClN4. The lowest BCUT2D eigenvalue weighted by molar-refractivity contribution is 0.346. The first-order chi connectivity index (χ1) is 7.75. The molecule has 16 heavy (non-hydrogen) atoms. The summed E-state index contributed by atoms with van der Waals surface area (Å²) in [6.45, 7) is 4.59. The van der Waals surface area contributed by atoms with Crippen molar-refractivity contribution in [3.63, 3.8) is 0 Å². The van der Waals surface area contributed by atoms with E-state index in [0.29, 0.717) is 5.15 Å². The summed E-state index contributed by atoms with van der Waals surface area (Å²) >= 11 is 5.81. The number of rotatable bonds is 4. The minimum Gasteiger partial charge on any atom is -0.372 e. The molecule has 2 rings (SSSR count). The average molecular weight is 241 g/mol. The Morgan fingerprint density at radius 2 is 2.19 bits per heavy atom. The minimum absolute atomic E-state index is 0.450. The van der Waals surface area contributed by atoms with Crippen LogP contribution in [0.5, 0.6) is 0 Å². The second kappa shape index (κ2) is 5.46. The Morgan fingerprint density at radius 1 is 1.44 bits per heavy atom. The zero-order valence-electron chi connectivity index (χ0n) is 9.56. The molecule has 1 saturated heterocycles. The highest BCUT2D eigenvalue weighted by Gasteiger charge is 2.12. The van der Waals surface area contributed by atoms with E-state index in [2.05, 4.69) is 27.0 Å². The maximum Gasteiger partial charge on any atom is 0.153 e. The molecular weight excluding hydrogens is 224 g/mol. The van der Waals surface area contributed by atoms with Gasteiger partial charge in [-0.05, 0) is 25.9 Å². The highest BCUT2D eigenvalue weighted by molar-refractivity contribution is 6.29. The minimum atomic E-state index is 0.450. The monoisotopic (exact) mass is 240 g/mol. The Morgan fingerprint density at radius 3 is 2.88 bits per heavy atom. The van der Waals surface area contributed by atoms with E-state index < -0.39 is 0 Å². The molecule has 0 saturated carbocycles. The Bertz CT molecular complexity index is 339. The maximum atomic E-state index is 5.81. The van der Waals surface area contributed by atoms with Gasteiger partial charge < -0.3 is 9.80 Å². The van der Waals surface area contributed by atoms with Gasteiger partial charge in [-0.2, -0.15) is 5.10 Å². The van der Waals surface area contributed by atoms with Crippen LogP contribution in [0.2, 0.25) is 5.15 Å². The summed E-state index contributed by atoms with van der Waals surface area (Å²) in [5.41, 5.74) is 1.03. The van der Waals surface area contributed by atoms with Crippen molar-refractivity contribution in [2.75, 3.05) is 38.1 Å². The van der Waals surface area contributed by atoms with Crippen molar-refractivity contribution in [3.8, 4) is 0 Å². The lowest BCUT2D eigenvalue weighted by Crippen LogP contribution is -2.31. The predicted octanol–water partition coefficient (Wildman–Crippen LogP) is 1.66.